The molecule has 1 aromatic heterocycles. The van der Waals surface area contributed by atoms with Gasteiger partial charge in [-0.3, -0.25) is 20.4 Å². The fraction of sp³-hybridized carbons (Fsp3) is 0.545. The number of amides is 2. The summed E-state index contributed by atoms with van der Waals surface area (Å²) in [6.45, 7) is 0.267. The first-order valence-corrected chi connectivity index (χ1v) is 10.2. The highest BCUT2D eigenvalue weighted by molar-refractivity contribution is 6.00. The van der Waals surface area contributed by atoms with Crippen molar-refractivity contribution in [2.24, 2.45) is 23.2 Å². The highest BCUT2D eigenvalue weighted by atomic mass is 16.5. The van der Waals surface area contributed by atoms with Crippen molar-refractivity contribution >= 4 is 22.8 Å². The van der Waals surface area contributed by atoms with Gasteiger partial charge in [0.15, 0.2) is 5.76 Å². The van der Waals surface area contributed by atoms with E-state index in [0.717, 1.165) is 24.6 Å². The topological polar surface area (TPSA) is 80.6 Å². The number of nitrogens with one attached hydrogen (secondary N) is 2. The van der Waals surface area contributed by atoms with Crippen LogP contribution in [-0.4, -0.2) is 18.9 Å². The Bertz CT molecular complexity index is 896. The molecule has 6 heteroatoms. The Hall–Kier alpha value is -2.34. The Kier molecular flexibility index (Phi) is 4.19. The van der Waals surface area contributed by atoms with E-state index in [0.29, 0.717) is 28.9 Å². The van der Waals surface area contributed by atoms with E-state index in [1.165, 1.54) is 19.3 Å². The lowest BCUT2D eigenvalue weighted by atomic mass is 9.49. The molecule has 2 N–H and O–H groups in total. The summed E-state index contributed by atoms with van der Waals surface area (Å²) in [6.07, 6.45) is 6.70. The van der Waals surface area contributed by atoms with Crippen molar-refractivity contribution < 1.29 is 18.7 Å². The molecule has 1 heterocycles. The standard InChI is InChI=1S/C22H26N2O4/c1-27-12-17-16-4-2-3-5-18(16)28-19(17)20(25)23-24-21(26)22-9-13-6-14(10-22)8-15(7-13)11-22/h2-5,13-15H,6-12H2,1H3,(H,23,25)(H,24,26). The molecule has 6 nitrogen and oxygen atoms in total. The van der Waals surface area contributed by atoms with Crippen LogP contribution in [0.1, 0.15) is 54.6 Å². The Morgan fingerprint density at radius 2 is 1.71 bits per heavy atom. The molecule has 0 spiro atoms. The molecule has 148 valence electrons. The maximum atomic E-state index is 13.0. The second-order valence-electron chi connectivity index (χ2n) is 8.95. The zero-order valence-corrected chi connectivity index (χ0v) is 16.1. The molecule has 0 saturated heterocycles. The number of carbonyl (C=O) groups excluding carboxylic acids is 2. The molecule has 0 unspecified atom stereocenters. The quantitative estimate of drug-likeness (QED) is 0.793. The van der Waals surface area contributed by atoms with Gasteiger partial charge in [-0.2, -0.15) is 0 Å². The lowest BCUT2D eigenvalue weighted by Crippen LogP contribution is -2.56. The van der Waals surface area contributed by atoms with Crippen molar-refractivity contribution in [2.75, 3.05) is 7.11 Å². The largest absolute Gasteiger partial charge is 0.450 e. The van der Waals surface area contributed by atoms with Crippen LogP contribution in [0.3, 0.4) is 0 Å². The van der Waals surface area contributed by atoms with Crippen LogP contribution in [0.2, 0.25) is 0 Å². The molecule has 28 heavy (non-hydrogen) atoms. The van der Waals surface area contributed by atoms with E-state index >= 15 is 0 Å². The fourth-order valence-corrected chi connectivity index (χ4v) is 6.26. The van der Waals surface area contributed by atoms with Crippen LogP contribution in [0, 0.1) is 23.2 Å². The number of carbonyl (C=O) groups is 2. The zero-order valence-electron chi connectivity index (χ0n) is 16.1. The molecule has 6 rings (SSSR count). The van der Waals surface area contributed by atoms with E-state index < -0.39 is 5.91 Å². The van der Waals surface area contributed by atoms with Gasteiger partial charge in [0.05, 0.1) is 12.0 Å². The summed E-state index contributed by atoms with van der Waals surface area (Å²) in [5.41, 5.74) is 6.33. The van der Waals surface area contributed by atoms with E-state index in [9.17, 15) is 9.59 Å². The van der Waals surface area contributed by atoms with Gasteiger partial charge in [-0.1, -0.05) is 18.2 Å². The zero-order chi connectivity index (χ0) is 19.3. The Labute approximate surface area is 164 Å². The van der Waals surface area contributed by atoms with Crippen molar-refractivity contribution in [3.63, 3.8) is 0 Å². The number of hydrazine groups is 1. The number of furan rings is 1. The smallest absolute Gasteiger partial charge is 0.305 e. The highest BCUT2D eigenvalue weighted by Crippen LogP contribution is 2.60. The monoisotopic (exact) mass is 382 g/mol. The van der Waals surface area contributed by atoms with Crippen LogP contribution in [0.15, 0.2) is 28.7 Å². The van der Waals surface area contributed by atoms with E-state index in [1.54, 1.807) is 7.11 Å². The number of benzene rings is 1. The van der Waals surface area contributed by atoms with Crippen molar-refractivity contribution in [1.29, 1.82) is 0 Å². The normalized spacial score (nSPS) is 30.5. The van der Waals surface area contributed by atoms with Gasteiger partial charge in [0, 0.05) is 18.1 Å². The number of para-hydroxylation sites is 1. The van der Waals surface area contributed by atoms with Crippen LogP contribution in [-0.2, 0) is 16.1 Å². The molecule has 0 aliphatic heterocycles. The van der Waals surface area contributed by atoms with Gasteiger partial charge in [-0.25, -0.2) is 0 Å². The predicted molar refractivity (Wildman–Crippen MR) is 103 cm³/mol. The molecule has 4 bridgehead atoms. The van der Waals surface area contributed by atoms with Gasteiger partial charge in [-0.05, 0) is 62.3 Å². The van der Waals surface area contributed by atoms with Crippen molar-refractivity contribution in [1.82, 2.24) is 10.9 Å². The Balaban J connectivity index is 1.32. The predicted octanol–water partition coefficient (Wildman–Crippen LogP) is 3.56. The molecule has 4 aliphatic rings. The van der Waals surface area contributed by atoms with Crippen LogP contribution in [0.4, 0.5) is 0 Å². The number of hydrogen-bond donors (Lipinski definition) is 2. The molecule has 2 aromatic rings. The summed E-state index contributed by atoms with van der Waals surface area (Å²) in [5.74, 6) is 1.74. The van der Waals surface area contributed by atoms with Gasteiger partial charge < -0.3 is 9.15 Å². The van der Waals surface area contributed by atoms with E-state index in [-0.39, 0.29) is 23.7 Å². The first-order chi connectivity index (χ1) is 13.6. The minimum absolute atomic E-state index is 0.0376. The first kappa shape index (κ1) is 17.7. The highest BCUT2D eigenvalue weighted by Gasteiger charge is 2.54. The van der Waals surface area contributed by atoms with Crippen LogP contribution in [0.25, 0.3) is 11.0 Å². The van der Waals surface area contributed by atoms with E-state index in [1.807, 2.05) is 24.3 Å². The Morgan fingerprint density at radius 3 is 2.36 bits per heavy atom. The van der Waals surface area contributed by atoms with Gasteiger partial charge in [0.2, 0.25) is 5.91 Å². The van der Waals surface area contributed by atoms with Gasteiger partial charge in [0.1, 0.15) is 5.58 Å². The molecule has 0 radical (unpaired) electrons. The summed E-state index contributed by atoms with van der Waals surface area (Å²) in [7, 11) is 1.58. The molecule has 2 amide bonds. The first-order valence-electron chi connectivity index (χ1n) is 10.2. The van der Waals surface area contributed by atoms with Crippen LogP contribution < -0.4 is 10.9 Å². The van der Waals surface area contributed by atoms with Gasteiger partial charge in [-0.15, -0.1) is 0 Å². The Morgan fingerprint density at radius 1 is 1.07 bits per heavy atom. The van der Waals surface area contributed by atoms with Crippen LogP contribution >= 0.6 is 0 Å². The van der Waals surface area contributed by atoms with E-state index in [4.69, 9.17) is 9.15 Å². The summed E-state index contributed by atoms with van der Waals surface area (Å²) in [5, 5.41) is 0.849. The number of ether oxygens (including phenoxy) is 1. The number of rotatable bonds is 4. The third-order valence-electron chi connectivity index (χ3n) is 7.00. The lowest BCUT2D eigenvalue weighted by molar-refractivity contribution is -0.147. The summed E-state index contributed by atoms with van der Waals surface area (Å²) in [6, 6.07) is 7.48. The summed E-state index contributed by atoms with van der Waals surface area (Å²) < 4.78 is 11.0. The minimum Gasteiger partial charge on any atom is -0.450 e. The van der Waals surface area contributed by atoms with Crippen molar-refractivity contribution in [3.05, 3.63) is 35.6 Å². The fourth-order valence-electron chi connectivity index (χ4n) is 6.26. The van der Waals surface area contributed by atoms with Crippen molar-refractivity contribution in [3.8, 4) is 0 Å². The molecule has 0 atom stereocenters. The minimum atomic E-state index is -0.443. The maximum absolute atomic E-state index is 13.0. The number of fused-ring (bicyclic) bond motifs is 1. The summed E-state index contributed by atoms with van der Waals surface area (Å²) in [4.78, 5) is 25.8. The van der Waals surface area contributed by atoms with E-state index in [2.05, 4.69) is 10.9 Å². The second kappa shape index (κ2) is 6.62. The second-order valence-corrected chi connectivity index (χ2v) is 8.95. The third-order valence-corrected chi connectivity index (χ3v) is 7.00. The van der Waals surface area contributed by atoms with Crippen molar-refractivity contribution in [2.45, 2.75) is 45.1 Å². The number of hydrogen-bond acceptors (Lipinski definition) is 4. The SMILES string of the molecule is COCc1c(C(=O)NNC(=O)C23CC4CC(CC(C4)C2)C3)oc2ccccc12. The van der Waals surface area contributed by atoms with Gasteiger partial charge in [0.25, 0.3) is 0 Å². The number of methoxy groups -OCH3 is 1. The maximum Gasteiger partial charge on any atom is 0.305 e. The molecule has 4 saturated carbocycles. The molecule has 4 fully saturated rings. The average molecular weight is 382 g/mol. The summed E-state index contributed by atoms with van der Waals surface area (Å²) >= 11 is 0. The molecule has 1 aromatic carbocycles. The molecular formula is C22H26N2O4. The molecule has 4 aliphatic carbocycles. The van der Waals surface area contributed by atoms with Gasteiger partial charge >= 0.3 is 5.91 Å². The van der Waals surface area contributed by atoms with Crippen LogP contribution in [0.5, 0.6) is 0 Å². The molecular weight excluding hydrogens is 356 g/mol. The lowest BCUT2D eigenvalue weighted by Gasteiger charge is -2.55. The average Bonchev–Trinajstić information content (AvgIpc) is 3.04. The third kappa shape index (κ3) is 2.82.